The fraction of sp³-hybridized carbons (Fsp3) is 0.500. The van der Waals surface area contributed by atoms with Crippen LogP contribution < -0.4 is 0 Å². The minimum atomic E-state index is 0.153. The molecule has 2 heterocycles. The second-order valence-electron chi connectivity index (χ2n) is 4.84. The van der Waals surface area contributed by atoms with Crippen LogP contribution in [0.25, 0.3) is 0 Å². The van der Waals surface area contributed by atoms with Gasteiger partial charge in [0.2, 0.25) is 5.91 Å². The maximum Gasteiger partial charge on any atom is 0.219 e. The largest absolute Gasteiger partial charge is 0.342 e. The van der Waals surface area contributed by atoms with Crippen molar-refractivity contribution in [2.24, 2.45) is 11.8 Å². The Hall–Kier alpha value is -1.71. The van der Waals surface area contributed by atoms with E-state index in [1.165, 1.54) is 0 Å². The van der Waals surface area contributed by atoms with Crippen molar-refractivity contribution in [3.8, 4) is 0 Å². The van der Waals surface area contributed by atoms with Gasteiger partial charge in [-0.15, -0.1) is 6.58 Å². The molecule has 4 heteroatoms. The molecular weight excluding hydrogens is 226 g/mol. The Morgan fingerprint density at radius 1 is 1.44 bits per heavy atom. The van der Waals surface area contributed by atoms with E-state index in [0.29, 0.717) is 11.8 Å². The first-order chi connectivity index (χ1) is 8.70. The van der Waals surface area contributed by atoms with Gasteiger partial charge >= 0.3 is 0 Å². The Labute approximate surface area is 108 Å². The molecule has 0 bridgehead atoms. The van der Waals surface area contributed by atoms with Crippen LogP contribution in [0, 0.1) is 11.8 Å². The summed E-state index contributed by atoms with van der Waals surface area (Å²) < 4.78 is 0. The van der Waals surface area contributed by atoms with Crippen molar-refractivity contribution in [1.29, 1.82) is 0 Å². The lowest BCUT2D eigenvalue weighted by molar-refractivity contribution is -0.128. The highest BCUT2D eigenvalue weighted by molar-refractivity contribution is 5.73. The van der Waals surface area contributed by atoms with Gasteiger partial charge in [-0.05, 0) is 24.3 Å². The van der Waals surface area contributed by atoms with Gasteiger partial charge in [-0.1, -0.05) is 6.08 Å². The van der Waals surface area contributed by atoms with Gasteiger partial charge in [0.1, 0.15) is 5.82 Å². The van der Waals surface area contributed by atoms with Crippen molar-refractivity contribution in [1.82, 2.24) is 14.9 Å². The second kappa shape index (κ2) is 5.76. The first-order valence-corrected chi connectivity index (χ1v) is 6.33. The van der Waals surface area contributed by atoms with E-state index in [9.17, 15) is 4.79 Å². The fourth-order valence-corrected chi connectivity index (χ4v) is 2.58. The molecule has 1 amide bonds. The third-order valence-corrected chi connectivity index (χ3v) is 3.56. The smallest absolute Gasteiger partial charge is 0.219 e. The minimum absolute atomic E-state index is 0.153. The van der Waals surface area contributed by atoms with Crippen molar-refractivity contribution >= 4 is 5.91 Å². The van der Waals surface area contributed by atoms with Crippen LogP contribution in [0.4, 0.5) is 0 Å². The number of nitrogens with zero attached hydrogens (tertiary/aromatic N) is 3. The van der Waals surface area contributed by atoms with Gasteiger partial charge in [0, 0.05) is 38.8 Å². The van der Waals surface area contributed by atoms with Crippen LogP contribution >= 0.6 is 0 Å². The van der Waals surface area contributed by atoms with E-state index in [1.807, 2.05) is 17.0 Å². The lowest BCUT2D eigenvalue weighted by Gasteiger charge is -2.14. The standard InChI is InChI=1S/C14H19N3O/c1-3-5-12-9-17(11(2)18)10-13(12)8-14-15-6-4-7-16-14/h3-4,6-7,12-13H,1,5,8-10H2,2H3/t12-,13-/m1/s1. The summed E-state index contributed by atoms with van der Waals surface area (Å²) >= 11 is 0. The quantitative estimate of drug-likeness (QED) is 0.758. The molecule has 0 aromatic carbocycles. The maximum atomic E-state index is 11.5. The molecule has 2 rings (SSSR count). The molecule has 0 unspecified atom stereocenters. The molecule has 96 valence electrons. The van der Waals surface area contributed by atoms with Crippen molar-refractivity contribution < 1.29 is 4.79 Å². The van der Waals surface area contributed by atoms with Crippen LogP contribution in [0.15, 0.2) is 31.1 Å². The van der Waals surface area contributed by atoms with Crippen LogP contribution in [-0.2, 0) is 11.2 Å². The molecule has 1 aromatic rings. The van der Waals surface area contributed by atoms with E-state index in [4.69, 9.17) is 0 Å². The average molecular weight is 245 g/mol. The van der Waals surface area contributed by atoms with Gasteiger partial charge in [0.05, 0.1) is 0 Å². The van der Waals surface area contributed by atoms with E-state index < -0.39 is 0 Å². The fourth-order valence-electron chi connectivity index (χ4n) is 2.58. The molecule has 0 radical (unpaired) electrons. The predicted molar refractivity (Wildman–Crippen MR) is 69.8 cm³/mol. The molecule has 18 heavy (non-hydrogen) atoms. The molecule has 1 aliphatic rings. The summed E-state index contributed by atoms with van der Waals surface area (Å²) in [5, 5.41) is 0. The van der Waals surface area contributed by atoms with E-state index in [-0.39, 0.29) is 5.91 Å². The lowest BCUT2D eigenvalue weighted by Crippen LogP contribution is -2.26. The molecule has 0 spiro atoms. The van der Waals surface area contributed by atoms with Crippen molar-refractivity contribution in [3.63, 3.8) is 0 Å². The van der Waals surface area contributed by atoms with E-state index in [1.54, 1.807) is 19.3 Å². The molecule has 0 N–H and O–H groups in total. The highest BCUT2D eigenvalue weighted by atomic mass is 16.2. The zero-order valence-electron chi connectivity index (χ0n) is 10.7. The molecule has 0 saturated carbocycles. The van der Waals surface area contributed by atoms with Crippen LogP contribution in [0.1, 0.15) is 19.2 Å². The predicted octanol–water partition coefficient (Wildman–Crippen LogP) is 1.69. The summed E-state index contributed by atoms with van der Waals surface area (Å²) in [6.45, 7) is 7.08. The number of hydrogen-bond donors (Lipinski definition) is 0. The first-order valence-electron chi connectivity index (χ1n) is 6.33. The van der Waals surface area contributed by atoms with Crippen LogP contribution in [0.3, 0.4) is 0 Å². The number of amides is 1. The number of allylic oxidation sites excluding steroid dienone is 1. The Balaban J connectivity index is 2.05. The summed E-state index contributed by atoms with van der Waals surface area (Å²) in [4.78, 5) is 21.9. The minimum Gasteiger partial charge on any atom is -0.342 e. The summed E-state index contributed by atoms with van der Waals surface area (Å²) in [6, 6.07) is 1.82. The Bertz CT molecular complexity index is 418. The van der Waals surface area contributed by atoms with Crippen LogP contribution in [0.2, 0.25) is 0 Å². The molecular formula is C14H19N3O. The third kappa shape index (κ3) is 2.94. The molecule has 4 nitrogen and oxygen atoms in total. The monoisotopic (exact) mass is 245 g/mol. The van der Waals surface area contributed by atoms with E-state index >= 15 is 0 Å². The van der Waals surface area contributed by atoms with E-state index in [2.05, 4.69) is 16.5 Å². The number of hydrogen-bond acceptors (Lipinski definition) is 3. The van der Waals surface area contributed by atoms with Crippen molar-refractivity contribution in [2.45, 2.75) is 19.8 Å². The molecule has 1 fully saturated rings. The van der Waals surface area contributed by atoms with Gasteiger partial charge in [0.15, 0.2) is 0 Å². The zero-order valence-corrected chi connectivity index (χ0v) is 10.7. The number of aromatic nitrogens is 2. The topological polar surface area (TPSA) is 46.1 Å². The number of carbonyl (C=O) groups excluding carboxylic acids is 1. The van der Waals surface area contributed by atoms with Crippen LogP contribution in [-0.4, -0.2) is 33.9 Å². The summed E-state index contributed by atoms with van der Waals surface area (Å²) in [6.07, 6.45) is 7.25. The van der Waals surface area contributed by atoms with Gasteiger partial charge in [0.25, 0.3) is 0 Å². The first kappa shape index (κ1) is 12.7. The third-order valence-electron chi connectivity index (χ3n) is 3.56. The highest BCUT2D eigenvalue weighted by Gasteiger charge is 2.33. The van der Waals surface area contributed by atoms with Gasteiger partial charge < -0.3 is 4.90 Å². The van der Waals surface area contributed by atoms with Crippen molar-refractivity contribution in [2.75, 3.05) is 13.1 Å². The zero-order chi connectivity index (χ0) is 13.0. The number of likely N-dealkylation sites (tertiary alicyclic amines) is 1. The second-order valence-corrected chi connectivity index (χ2v) is 4.84. The Morgan fingerprint density at radius 3 is 2.72 bits per heavy atom. The van der Waals surface area contributed by atoms with Gasteiger partial charge in [-0.2, -0.15) is 0 Å². The maximum absolute atomic E-state index is 11.5. The Kier molecular flexibility index (Phi) is 4.07. The average Bonchev–Trinajstić information content (AvgIpc) is 2.75. The van der Waals surface area contributed by atoms with E-state index in [0.717, 1.165) is 31.8 Å². The van der Waals surface area contributed by atoms with Crippen molar-refractivity contribution in [3.05, 3.63) is 36.9 Å². The SMILES string of the molecule is C=CC[C@@H]1CN(C(C)=O)C[C@H]1Cc1ncccn1. The molecule has 1 aromatic heterocycles. The molecule has 1 saturated heterocycles. The molecule has 2 atom stereocenters. The number of carbonyl (C=O) groups is 1. The summed E-state index contributed by atoms with van der Waals surface area (Å²) in [7, 11) is 0. The summed E-state index contributed by atoms with van der Waals surface area (Å²) in [5.74, 6) is 1.94. The lowest BCUT2D eigenvalue weighted by atomic mass is 9.90. The highest BCUT2D eigenvalue weighted by Crippen LogP contribution is 2.28. The molecule has 1 aliphatic heterocycles. The summed E-state index contributed by atoms with van der Waals surface area (Å²) in [5.41, 5.74) is 0. The van der Waals surface area contributed by atoms with Gasteiger partial charge in [-0.3, -0.25) is 4.79 Å². The Morgan fingerprint density at radius 2 is 2.11 bits per heavy atom. The number of rotatable bonds is 4. The molecule has 0 aliphatic carbocycles. The van der Waals surface area contributed by atoms with Gasteiger partial charge in [-0.25, -0.2) is 9.97 Å². The van der Waals surface area contributed by atoms with Crippen LogP contribution in [0.5, 0.6) is 0 Å². The normalized spacial score (nSPS) is 23.1.